The highest BCUT2D eigenvalue weighted by Crippen LogP contribution is 2.18. The number of ether oxygens (including phenoxy) is 1. The number of benzene rings is 1. The molecule has 0 aromatic heterocycles. The first-order valence-electron chi connectivity index (χ1n) is 6.33. The summed E-state index contributed by atoms with van der Waals surface area (Å²) >= 11 is 0. The number of nitrogens with one attached hydrogen (secondary N) is 1. The fraction of sp³-hybridized carbons (Fsp3) is 0.538. The van der Waals surface area contributed by atoms with E-state index < -0.39 is 10.0 Å². The largest absolute Gasteiger partial charge is 0.497 e. The van der Waals surface area contributed by atoms with E-state index >= 15 is 0 Å². The molecule has 6 heteroatoms. The molecule has 106 valence electrons. The van der Waals surface area contributed by atoms with Crippen LogP contribution in [0.15, 0.2) is 24.3 Å². The monoisotopic (exact) mass is 284 g/mol. The van der Waals surface area contributed by atoms with E-state index in [1.54, 1.807) is 14.2 Å². The summed E-state index contributed by atoms with van der Waals surface area (Å²) in [5.74, 6) is 0.742. The van der Waals surface area contributed by atoms with Gasteiger partial charge in [0.2, 0.25) is 10.0 Å². The zero-order valence-corrected chi connectivity index (χ0v) is 12.1. The molecule has 0 aliphatic carbocycles. The maximum absolute atomic E-state index is 12.3. The van der Waals surface area contributed by atoms with Gasteiger partial charge in [-0.05, 0) is 30.7 Å². The van der Waals surface area contributed by atoms with Crippen molar-refractivity contribution in [1.82, 2.24) is 9.62 Å². The molecule has 1 N–H and O–H groups in total. The number of hydrogen-bond acceptors (Lipinski definition) is 4. The van der Waals surface area contributed by atoms with Crippen molar-refractivity contribution in [2.24, 2.45) is 0 Å². The first kappa shape index (κ1) is 14.3. The third-order valence-electron chi connectivity index (χ3n) is 3.41. The lowest BCUT2D eigenvalue weighted by atomic mass is 10.2. The van der Waals surface area contributed by atoms with Gasteiger partial charge in [0.05, 0.1) is 12.4 Å². The molecule has 1 aromatic carbocycles. The molecule has 0 spiro atoms. The Morgan fingerprint density at radius 2 is 2.26 bits per heavy atom. The molecule has 1 aromatic rings. The van der Waals surface area contributed by atoms with Crippen LogP contribution < -0.4 is 10.1 Å². The second kappa shape index (κ2) is 5.90. The van der Waals surface area contributed by atoms with Gasteiger partial charge < -0.3 is 10.1 Å². The van der Waals surface area contributed by atoms with E-state index in [0.29, 0.717) is 19.5 Å². The summed E-state index contributed by atoms with van der Waals surface area (Å²) < 4.78 is 31.3. The van der Waals surface area contributed by atoms with Crippen molar-refractivity contribution in [2.75, 3.05) is 27.2 Å². The molecule has 1 aliphatic rings. The van der Waals surface area contributed by atoms with E-state index in [0.717, 1.165) is 17.9 Å². The normalized spacial score (nSPS) is 19.8. The van der Waals surface area contributed by atoms with Gasteiger partial charge in [-0.1, -0.05) is 12.1 Å². The zero-order chi connectivity index (χ0) is 13.9. The van der Waals surface area contributed by atoms with Gasteiger partial charge in [-0.2, -0.15) is 0 Å². The van der Waals surface area contributed by atoms with Crippen molar-refractivity contribution in [3.63, 3.8) is 0 Å². The van der Waals surface area contributed by atoms with Crippen LogP contribution in [0.2, 0.25) is 0 Å². The molecule has 1 unspecified atom stereocenters. The Morgan fingerprint density at radius 1 is 1.47 bits per heavy atom. The van der Waals surface area contributed by atoms with Crippen LogP contribution in [0.5, 0.6) is 5.75 Å². The minimum atomic E-state index is -3.23. The lowest BCUT2D eigenvalue weighted by Gasteiger charge is -2.21. The summed E-state index contributed by atoms with van der Waals surface area (Å²) in [6.07, 6.45) is 0.685. The highest BCUT2D eigenvalue weighted by Gasteiger charge is 2.32. The van der Waals surface area contributed by atoms with E-state index in [2.05, 4.69) is 5.32 Å². The standard InChI is InChI=1S/C13H20N2O3S/c1-15(19(16,17)13-6-7-14-9-13)10-11-4-3-5-12(8-11)18-2/h3-5,8,13-14H,6-7,9-10H2,1-2H3. The van der Waals surface area contributed by atoms with Gasteiger partial charge in [-0.3, -0.25) is 0 Å². The van der Waals surface area contributed by atoms with Crippen LogP contribution in [0.4, 0.5) is 0 Å². The van der Waals surface area contributed by atoms with Gasteiger partial charge in [-0.25, -0.2) is 12.7 Å². The van der Waals surface area contributed by atoms with Crippen LogP contribution in [0.1, 0.15) is 12.0 Å². The predicted octanol–water partition coefficient (Wildman–Crippen LogP) is 0.819. The lowest BCUT2D eigenvalue weighted by Crippen LogP contribution is -2.36. The minimum Gasteiger partial charge on any atom is -0.497 e. The summed E-state index contributed by atoms with van der Waals surface area (Å²) in [6, 6.07) is 7.48. The zero-order valence-electron chi connectivity index (χ0n) is 11.3. The first-order valence-corrected chi connectivity index (χ1v) is 7.83. The van der Waals surface area contributed by atoms with Crippen LogP contribution in [0.3, 0.4) is 0 Å². The Kier molecular flexibility index (Phi) is 4.44. The van der Waals surface area contributed by atoms with Gasteiger partial charge in [0.15, 0.2) is 0 Å². The Hall–Kier alpha value is -1.11. The maximum Gasteiger partial charge on any atom is 0.218 e. The predicted molar refractivity (Wildman–Crippen MR) is 74.7 cm³/mol. The second-order valence-electron chi connectivity index (χ2n) is 4.77. The Bertz CT molecular complexity index is 524. The fourth-order valence-corrected chi connectivity index (χ4v) is 3.84. The number of rotatable bonds is 5. The molecule has 0 radical (unpaired) electrons. The van der Waals surface area contributed by atoms with Gasteiger partial charge in [0.25, 0.3) is 0 Å². The quantitative estimate of drug-likeness (QED) is 0.869. The molecule has 1 fully saturated rings. The van der Waals surface area contributed by atoms with Crippen molar-refractivity contribution in [3.05, 3.63) is 29.8 Å². The van der Waals surface area contributed by atoms with Gasteiger partial charge >= 0.3 is 0 Å². The van der Waals surface area contributed by atoms with Crippen LogP contribution in [-0.2, 0) is 16.6 Å². The van der Waals surface area contributed by atoms with Gasteiger partial charge in [0, 0.05) is 20.1 Å². The molecular formula is C13H20N2O3S. The van der Waals surface area contributed by atoms with E-state index in [9.17, 15) is 8.42 Å². The summed E-state index contributed by atoms with van der Waals surface area (Å²) in [7, 11) is 0.00658. The Labute approximate surface area is 114 Å². The molecule has 2 rings (SSSR count). The third-order valence-corrected chi connectivity index (χ3v) is 5.65. The van der Waals surface area contributed by atoms with E-state index in [4.69, 9.17) is 4.74 Å². The highest BCUT2D eigenvalue weighted by atomic mass is 32.2. The Balaban J connectivity index is 2.09. The SMILES string of the molecule is COc1cccc(CN(C)S(=O)(=O)C2CCNC2)c1. The van der Waals surface area contributed by atoms with Gasteiger partial charge in [0.1, 0.15) is 5.75 Å². The average molecular weight is 284 g/mol. The smallest absolute Gasteiger partial charge is 0.218 e. The van der Waals surface area contributed by atoms with Crippen LogP contribution in [0, 0.1) is 0 Å². The summed E-state index contributed by atoms with van der Waals surface area (Å²) in [5.41, 5.74) is 0.927. The average Bonchev–Trinajstić information content (AvgIpc) is 2.93. The summed E-state index contributed by atoms with van der Waals surface area (Å²) in [4.78, 5) is 0. The third kappa shape index (κ3) is 3.26. The fourth-order valence-electron chi connectivity index (χ4n) is 2.25. The molecule has 0 amide bonds. The molecule has 1 heterocycles. The lowest BCUT2D eigenvalue weighted by molar-refractivity contribution is 0.412. The number of methoxy groups -OCH3 is 1. The molecule has 5 nitrogen and oxygen atoms in total. The van der Waals surface area contributed by atoms with E-state index in [1.165, 1.54) is 4.31 Å². The first-order chi connectivity index (χ1) is 9.04. The van der Waals surface area contributed by atoms with Crippen molar-refractivity contribution in [2.45, 2.75) is 18.2 Å². The maximum atomic E-state index is 12.3. The Morgan fingerprint density at radius 3 is 2.89 bits per heavy atom. The summed E-state index contributed by atoms with van der Waals surface area (Å²) in [5, 5.41) is 2.79. The second-order valence-corrected chi connectivity index (χ2v) is 7.09. The minimum absolute atomic E-state index is 0.303. The van der Waals surface area contributed by atoms with Crippen LogP contribution >= 0.6 is 0 Å². The van der Waals surface area contributed by atoms with Crippen molar-refractivity contribution in [3.8, 4) is 5.75 Å². The van der Waals surface area contributed by atoms with Crippen molar-refractivity contribution >= 4 is 10.0 Å². The highest BCUT2D eigenvalue weighted by molar-refractivity contribution is 7.89. The molecule has 0 saturated carbocycles. The molecule has 19 heavy (non-hydrogen) atoms. The molecule has 1 aliphatic heterocycles. The molecule has 0 bridgehead atoms. The van der Waals surface area contributed by atoms with Crippen LogP contribution in [0.25, 0.3) is 0 Å². The van der Waals surface area contributed by atoms with E-state index in [-0.39, 0.29) is 5.25 Å². The number of hydrogen-bond donors (Lipinski definition) is 1. The molecule has 1 atom stereocenters. The van der Waals surface area contributed by atoms with Crippen molar-refractivity contribution < 1.29 is 13.2 Å². The van der Waals surface area contributed by atoms with Gasteiger partial charge in [-0.15, -0.1) is 0 Å². The number of sulfonamides is 1. The van der Waals surface area contributed by atoms with Crippen LogP contribution in [-0.4, -0.2) is 45.2 Å². The summed E-state index contributed by atoms with van der Waals surface area (Å²) in [6.45, 7) is 1.69. The van der Waals surface area contributed by atoms with Crippen molar-refractivity contribution in [1.29, 1.82) is 0 Å². The number of nitrogens with zero attached hydrogens (tertiary/aromatic N) is 1. The molecule has 1 saturated heterocycles. The molecular weight excluding hydrogens is 264 g/mol. The topological polar surface area (TPSA) is 58.6 Å². The van der Waals surface area contributed by atoms with E-state index in [1.807, 2.05) is 24.3 Å².